The zero-order valence-corrected chi connectivity index (χ0v) is 17.8. The minimum atomic E-state index is -4.61. The van der Waals surface area contributed by atoms with E-state index in [9.17, 15) is 28.1 Å². The lowest BCUT2D eigenvalue weighted by atomic mass is 10.2. The number of carbonyl (C=O) groups is 1. The molecule has 1 N–H and O–H groups in total. The van der Waals surface area contributed by atoms with E-state index in [0.29, 0.717) is 17.8 Å². The van der Waals surface area contributed by atoms with Crippen molar-refractivity contribution in [3.05, 3.63) is 37.9 Å². The van der Waals surface area contributed by atoms with Gasteiger partial charge in [0.2, 0.25) is 5.91 Å². The Hall–Kier alpha value is -2.63. The second-order valence-electron chi connectivity index (χ2n) is 7.50. The van der Waals surface area contributed by atoms with Gasteiger partial charge >= 0.3 is 11.9 Å². The molecule has 170 valence electrons. The number of nitro groups is 1. The van der Waals surface area contributed by atoms with Crippen molar-refractivity contribution in [1.29, 1.82) is 0 Å². The summed E-state index contributed by atoms with van der Waals surface area (Å²) in [6, 6.07) is 0. The number of aryl methyl sites for hydroxylation is 3. The van der Waals surface area contributed by atoms with Gasteiger partial charge in [-0.1, -0.05) is 11.6 Å². The van der Waals surface area contributed by atoms with Crippen LogP contribution in [-0.2, 0) is 24.1 Å². The number of nitrogens with one attached hydrogen (secondary N) is 1. The third-order valence-electron chi connectivity index (χ3n) is 5.11. The Kier molecular flexibility index (Phi) is 6.58. The van der Waals surface area contributed by atoms with Crippen LogP contribution in [0.4, 0.5) is 18.9 Å². The predicted octanol–water partition coefficient (Wildman–Crippen LogP) is 3.75. The second kappa shape index (κ2) is 8.85. The molecule has 0 spiro atoms. The maximum absolute atomic E-state index is 13.1. The molecular weight excluding hydrogens is 441 g/mol. The monoisotopic (exact) mass is 462 g/mol. The summed E-state index contributed by atoms with van der Waals surface area (Å²) in [5.74, 6) is -0.289. The maximum Gasteiger partial charge on any atom is 0.436 e. The maximum atomic E-state index is 13.1. The van der Waals surface area contributed by atoms with Crippen LogP contribution in [0.5, 0.6) is 0 Å². The Bertz CT molecular complexity index is 997. The minimum Gasteiger partial charge on any atom is -0.356 e. The summed E-state index contributed by atoms with van der Waals surface area (Å²) in [6.07, 6.45) is -2.60. The molecule has 2 heterocycles. The van der Waals surface area contributed by atoms with Crippen molar-refractivity contribution >= 4 is 23.2 Å². The van der Waals surface area contributed by atoms with Gasteiger partial charge in [0.05, 0.1) is 22.2 Å². The number of halogens is 4. The first-order chi connectivity index (χ1) is 14.5. The lowest BCUT2D eigenvalue weighted by molar-refractivity contribution is -0.386. The zero-order valence-electron chi connectivity index (χ0n) is 17.0. The number of nitrogens with zero attached hydrogens (tertiary/aromatic N) is 5. The lowest BCUT2D eigenvalue weighted by Crippen LogP contribution is -2.26. The third-order valence-corrected chi connectivity index (χ3v) is 5.48. The summed E-state index contributed by atoms with van der Waals surface area (Å²) in [5, 5.41) is 21.1. The van der Waals surface area contributed by atoms with Crippen LogP contribution in [0.15, 0.2) is 0 Å². The SMILES string of the molecule is Cc1nn(CCC(=O)NCCCn2nc(C(F)(F)F)c(Cl)c2C2CC2)c(C)c1[N+](=O)[O-]. The minimum absolute atomic E-state index is 0.00415. The van der Waals surface area contributed by atoms with Crippen molar-refractivity contribution in [3.63, 3.8) is 0 Å². The average Bonchev–Trinajstić information content (AvgIpc) is 3.37. The Morgan fingerprint density at radius 2 is 1.94 bits per heavy atom. The summed E-state index contributed by atoms with van der Waals surface area (Å²) in [6.45, 7) is 3.73. The number of alkyl halides is 3. The summed E-state index contributed by atoms with van der Waals surface area (Å²) in [4.78, 5) is 22.6. The topological polar surface area (TPSA) is 108 Å². The molecule has 13 heteroatoms. The molecule has 1 aliphatic carbocycles. The normalized spacial score (nSPS) is 14.1. The van der Waals surface area contributed by atoms with Crippen LogP contribution in [-0.4, -0.2) is 36.9 Å². The number of hydrogen-bond acceptors (Lipinski definition) is 5. The molecule has 1 saturated carbocycles. The van der Waals surface area contributed by atoms with Gasteiger partial charge in [0.1, 0.15) is 11.4 Å². The van der Waals surface area contributed by atoms with Crippen molar-refractivity contribution in [2.24, 2.45) is 0 Å². The highest BCUT2D eigenvalue weighted by Crippen LogP contribution is 2.46. The van der Waals surface area contributed by atoms with Crippen LogP contribution in [0.1, 0.15) is 54.4 Å². The molecule has 0 aliphatic heterocycles. The smallest absolute Gasteiger partial charge is 0.356 e. The molecule has 0 unspecified atom stereocenters. The molecule has 9 nitrogen and oxygen atoms in total. The number of hydrogen-bond donors (Lipinski definition) is 1. The van der Waals surface area contributed by atoms with E-state index in [0.717, 1.165) is 12.8 Å². The Labute approximate surface area is 180 Å². The first-order valence-electron chi connectivity index (χ1n) is 9.79. The van der Waals surface area contributed by atoms with Crippen molar-refractivity contribution < 1.29 is 22.9 Å². The number of amides is 1. The van der Waals surface area contributed by atoms with Crippen molar-refractivity contribution in [2.75, 3.05) is 6.54 Å². The van der Waals surface area contributed by atoms with E-state index in [2.05, 4.69) is 15.5 Å². The van der Waals surface area contributed by atoms with E-state index in [1.165, 1.54) is 16.3 Å². The molecule has 3 rings (SSSR count). The van der Waals surface area contributed by atoms with Gasteiger partial charge in [0.15, 0.2) is 5.69 Å². The Balaban J connectivity index is 1.50. The summed E-state index contributed by atoms with van der Waals surface area (Å²) in [5.41, 5.74) is -0.0714. The average molecular weight is 463 g/mol. The van der Waals surface area contributed by atoms with E-state index >= 15 is 0 Å². The first-order valence-corrected chi connectivity index (χ1v) is 10.2. The lowest BCUT2D eigenvalue weighted by Gasteiger charge is -2.09. The van der Waals surface area contributed by atoms with Gasteiger partial charge in [-0.15, -0.1) is 0 Å². The van der Waals surface area contributed by atoms with Gasteiger partial charge in [0.25, 0.3) is 0 Å². The molecule has 2 aromatic heterocycles. The van der Waals surface area contributed by atoms with Crippen molar-refractivity contribution in [2.45, 2.75) is 64.7 Å². The van der Waals surface area contributed by atoms with Crippen LogP contribution in [0.25, 0.3) is 0 Å². The highest BCUT2D eigenvalue weighted by molar-refractivity contribution is 6.32. The van der Waals surface area contributed by atoms with Crippen LogP contribution in [0, 0.1) is 24.0 Å². The van der Waals surface area contributed by atoms with Gasteiger partial charge in [-0.3, -0.25) is 24.3 Å². The summed E-state index contributed by atoms with van der Waals surface area (Å²) >= 11 is 5.93. The molecule has 0 aromatic carbocycles. The van der Waals surface area contributed by atoms with E-state index in [1.807, 2.05) is 0 Å². The van der Waals surface area contributed by atoms with Crippen LogP contribution >= 0.6 is 11.6 Å². The van der Waals surface area contributed by atoms with Gasteiger partial charge in [-0.05, 0) is 33.1 Å². The molecular formula is C18H22ClF3N6O3. The van der Waals surface area contributed by atoms with Crippen molar-refractivity contribution in [1.82, 2.24) is 24.9 Å². The summed E-state index contributed by atoms with van der Waals surface area (Å²) in [7, 11) is 0. The molecule has 0 saturated heterocycles. The zero-order chi connectivity index (χ0) is 22.9. The van der Waals surface area contributed by atoms with E-state index in [4.69, 9.17) is 11.6 Å². The number of rotatable bonds is 9. The molecule has 2 aromatic rings. The van der Waals surface area contributed by atoms with Crippen molar-refractivity contribution in [3.8, 4) is 0 Å². The number of carbonyl (C=O) groups excluding carboxylic acids is 1. The standard InChI is InChI=1S/C18H22ClF3N6O3/c1-10-15(28(30)31)11(2)26(24-10)9-6-13(29)23-7-3-8-27-16(12-4-5-12)14(19)17(25-27)18(20,21)22/h12H,3-9H2,1-2H3,(H,23,29). The van der Waals surface area contributed by atoms with E-state index in [1.54, 1.807) is 6.92 Å². The quantitative estimate of drug-likeness (QED) is 0.347. The Morgan fingerprint density at radius 1 is 1.26 bits per heavy atom. The van der Waals surface area contributed by atoms with Crippen LogP contribution in [0.3, 0.4) is 0 Å². The summed E-state index contributed by atoms with van der Waals surface area (Å²) < 4.78 is 42.0. The van der Waals surface area contributed by atoms with Crippen LogP contribution < -0.4 is 5.32 Å². The molecule has 31 heavy (non-hydrogen) atoms. The van der Waals surface area contributed by atoms with Gasteiger partial charge in [-0.2, -0.15) is 23.4 Å². The predicted molar refractivity (Wildman–Crippen MR) is 105 cm³/mol. The fourth-order valence-corrected chi connectivity index (χ4v) is 3.87. The fourth-order valence-electron chi connectivity index (χ4n) is 3.47. The van der Waals surface area contributed by atoms with Gasteiger partial charge < -0.3 is 5.32 Å². The largest absolute Gasteiger partial charge is 0.436 e. The third kappa shape index (κ3) is 5.17. The first kappa shape index (κ1) is 23.0. The molecule has 1 amide bonds. The number of aromatic nitrogens is 4. The van der Waals surface area contributed by atoms with E-state index < -0.39 is 16.8 Å². The molecule has 1 aliphatic rings. The van der Waals surface area contributed by atoms with Crippen LogP contribution in [0.2, 0.25) is 5.02 Å². The van der Waals surface area contributed by atoms with Gasteiger partial charge in [0, 0.05) is 25.4 Å². The molecule has 1 fully saturated rings. The molecule has 0 bridgehead atoms. The highest BCUT2D eigenvalue weighted by Gasteiger charge is 2.41. The second-order valence-corrected chi connectivity index (χ2v) is 7.87. The molecule has 0 radical (unpaired) electrons. The fraction of sp³-hybridized carbons (Fsp3) is 0.611. The van der Waals surface area contributed by atoms with Gasteiger partial charge in [-0.25, -0.2) is 0 Å². The van der Waals surface area contributed by atoms with E-state index in [-0.39, 0.29) is 54.3 Å². The Morgan fingerprint density at radius 3 is 2.48 bits per heavy atom. The highest BCUT2D eigenvalue weighted by atomic mass is 35.5. The molecule has 0 atom stereocenters.